The number of carbonyl (C=O) groups excluding carboxylic acids is 1. The number of nitrogens with one attached hydrogen (secondary N) is 1. The topological polar surface area (TPSA) is 68.2 Å². The minimum absolute atomic E-state index is 0.0514. The van der Waals surface area contributed by atoms with Crippen LogP contribution < -0.4 is 5.68 Å². The van der Waals surface area contributed by atoms with Crippen LogP contribution in [0.25, 0.3) is 11.1 Å². The fourth-order valence-corrected chi connectivity index (χ4v) is 1.69. The molecule has 0 amide bonds. The summed E-state index contributed by atoms with van der Waals surface area (Å²) in [5.74, 6) is -0.260. The number of aryl methyl sites for hydroxylation is 1. The first kappa shape index (κ1) is 11.4. The van der Waals surface area contributed by atoms with E-state index in [2.05, 4.69) is 0 Å². The van der Waals surface area contributed by atoms with Gasteiger partial charge in [0.1, 0.15) is 0 Å². The summed E-state index contributed by atoms with van der Waals surface area (Å²) < 4.78 is 11.8. The molecule has 5 heteroatoms. The van der Waals surface area contributed by atoms with Crippen LogP contribution >= 0.6 is 0 Å². The Morgan fingerprint density at radius 1 is 1.47 bits per heavy atom. The second-order valence-corrected chi connectivity index (χ2v) is 3.58. The Morgan fingerprint density at radius 2 is 2.24 bits per heavy atom. The molecule has 0 fully saturated rings. The van der Waals surface area contributed by atoms with Crippen LogP contribution in [0.4, 0.5) is 0 Å². The monoisotopic (exact) mass is 234 g/mol. The quantitative estimate of drug-likeness (QED) is 0.818. The maximum absolute atomic E-state index is 11.3. The minimum Gasteiger partial charge on any atom is -0.466 e. The number of hydrogen-bond acceptors (Lipinski definition) is 4. The van der Waals surface area contributed by atoms with Crippen molar-refractivity contribution in [1.82, 2.24) is 4.57 Å². The molecule has 0 aliphatic heterocycles. The highest BCUT2D eigenvalue weighted by Crippen LogP contribution is 2.11. The van der Waals surface area contributed by atoms with E-state index in [1.807, 2.05) is 18.2 Å². The lowest BCUT2D eigenvalue weighted by molar-refractivity contribution is -0.143. The van der Waals surface area contributed by atoms with Gasteiger partial charge in [-0.1, -0.05) is 12.1 Å². The molecule has 5 nitrogen and oxygen atoms in total. The molecule has 1 heterocycles. The summed E-state index contributed by atoms with van der Waals surface area (Å²) in [4.78, 5) is 11.3. The SMILES string of the molecule is CCOC(=O)CCn1c(=N)oc2ccccc21. The first-order valence-electron chi connectivity index (χ1n) is 5.51. The molecule has 2 aromatic rings. The largest absolute Gasteiger partial charge is 0.466 e. The summed E-state index contributed by atoms with van der Waals surface area (Å²) in [5.41, 5.74) is 1.53. The number of benzene rings is 1. The van der Waals surface area contributed by atoms with Gasteiger partial charge < -0.3 is 9.15 Å². The molecule has 0 aliphatic rings. The summed E-state index contributed by atoms with van der Waals surface area (Å²) in [6.07, 6.45) is 0.244. The lowest BCUT2D eigenvalue weighted by Crippen LogP contribution is -2.17. The summed E-state index contributed by atoms with van der Waals surface area (Å²) in [6, 6.07) is 7.38. The molecule has 0 spiro atoms. The van der Waals surface area contributed by atoms with E-state index < -0.39 is 0 Å². The average molecular weight is 234 g/mol. The highest BCUT2D eigenvalue weighted by atomic mass is 16.5. The van der Waals surface area contributed by atoms with Crippen molar-refractivity contribution in [2.45, 2.75) is 19.9 Å². The molecule has 0 atom stereocenters. The van der Waals surface area contributed by atoms with Crippen molar-refractivity contribution in [2.24, 2.45) is 0 Å². The fraction of sp³-hybridized carbons (Fsp3) is 0.333. The van der Waals surface area contributed by atoms with Crippen molar-refractivity contribution in [3.8, 4) is 0 Å². The van der Waals surface area contributed by atoms with Crippen LogP contribution in [0.3, 0.4) is 0 Å². The second-order valence-electron chi connectivity index (χ2n) is 3.58. The molecular formula is C12H14N2O3. The standard InChI is InChI=1S/C12H14N2O3/c1-2-16-11(15)7-8-14-9-5-3-4-6-10(9)17-12(14)13/h3-6,13H,2,7-8H2,1H3. The number of nitrogens with zero attached hydrogens (tertiary/aromatic N) is 1. The molecule has 2 rings (SSSR count). The van der Waals surface area contributed by atoms with E-state index >= 15 is 0 Å². The van der Waals surface area contributed by atoms with Gasteiger partial charge in [-0.05, 0) is 19.1 Å². The van der Waals surface area contributed by atoms with Crippen molar-refractivity contribution in [1.29, 1.82) is 5.41 Å². The Balaban J connectivity index is 2.21. The van der Waals surface area contributed by atoms with Gasteiger partial charge in [0.2, 0.25) is 0 Å². The number of aromatic nitrogens is 1. The van der Waals surface area contributed by atoms with E-state index in [1.165, 1.54) is 0 Å². The van der Waals surface area contributed by atoms with Gasteiger partial charge in [0.25, 0.3) is 5.68 Å². The van der Waals surface area contributed by atoms with Gasteiger partial charge in [-0.3, -0.25) is 14.8 Å². The van der Waals surface area contributed by atoms with E-state index in [0.717, 1.165) is 5.52 Å². The number of carbonyl (C=O) groups is 1. The van der Waals surface area contributed by atoms with Crippen LogP contribution in [0, 0.1) is 5.41 Å². The molecule has 0 aliphatic carbocycles. The zero-order valence-electron chi connectivity index (χ0n) is 9.60. The summed E-state index contributed by atoms with van der Waals surface area (Å²) in [7, 11) is 0. The predicted molar refractivity (Wildman–Crippen MR) is 61.3 cm³/mol. The van der Waals surface area contributed by atoms with Gasteiger partial charge in [-0.15, -0.1) is 0 Å². The van der Waals surface area contributed by atoms with Gasteiger partial charge in [-0.2, -0.15) is 0 Å². The number of rotatable bonds is 4. The van der Waals surface area contributed by atoms with Crippen LogP contribution in [-0.2, 0) is 16.1 Å². The average Bonchev–Trinajstić information content (AvgIpc) is 2.62. The van der Waals surface area contributed by atoms with Crippen molar-refractivity contribution in [3.63, 3.8) is 0 Å². The highest BCUT2D eigenvalue weighted by molar-refractivity contribution is 5.73. The Morgan fingerprint density at radius 3 is 3.00 bits per heavy atom. The molecule has 17 heavy (non-hydrogen) atoms. The first-order chi connectivity index (χ1) is 8.22. The summed E-state index contributed by atoms with van der Waals surface area (Å²) in [5, 5.41) is 7.69. The van der Waals surface area contributed by atoms with Gasteiger partial charge in [0, 0.05) is 6.54 Å². The third kappa shape index (κ3) is 2.38. The molecule has 1 N–H and O–H groups in total. The molecule has 0 saturated carbocycles. The fourth-order valence-electron chi connectivity index (χ4n) is 1.69. The molecule has 0 unspecified atom stereocenters. The van der Waals surface area contributed by atoms with E-state index in [9.17, 15) is 4.79 Å². The highest BCUT2D eigenvalue weighted by Gasteiger charge is 2.08. The first-order valence-corrected chi connectivity index (χ1v) is 5.51. The number of fused-ring (bicyclic) bond motifs is 1. The maximum Gasteiger partial charge on any atom is 0.307 e. The Hall–Kier alpha value is -2.04. The number of para-hydroxylation sites is 2. The van der Waals surface area contributed by atoms with E-state index in [1.54, 1.807) is 17.6 Å². The van der Waals surface area contributed by atoms with Gasteiger partial charge in [-0.25, -0.2) is 0 Å². The molecule has 0 bridgehead atoms. The van der Waals surface area contributed by atoms with Gasteiger partial charge >= 0.3 is 5.97 Å². The van der Waals surface area contributed by atoms with E-state index in [4.69, 9.17) is 14.6 Å². The van der Waals surface area contributed by atoms with Gasteiger partial charge in [0.05, 0.1) is 18.5 Å². The lowest BCUT2D eigenvalue weighted by atomic mass is 10.3. The molecule has 90 valence electrons. The van der Waals surface area contributed by atoms with Crippen molar-refractivity contribution < 1.29 is 13.9 Å². The smallest absolute Gasteiger partial charge is 0.307 e. The normalized spacial score (nSPS) is 10.6. The molecule has 1 aromatic heterocycles. The summed E-state index contributed by atoms with van der Waals surface area (Å²) in [6.45, 7) is 2.55. The number of esters is 1. The van der Waals surface area contributed by atoms with Crippen molar-refractivity contribution in [3.05, 3.63) is 29.9 Å². The minimum atomic E-state index is -0.260. The Labute approximate surface area is 98.1 Å². The maximum atomic E-state index is 11.3. The van der Waals surface area contributed by atoms with Crippen LogP contribution in [-0.4, -0.2) is 17.1 Å². The molecule has 0 saturated heterocycles. The van der Waals surface area contributed by atoms with Gasteiger partial charge in [0.15, 0.2) is 5.58 Å². The van der Waals surface area contributed by atoms with Crippen LogP contribution in [0.2, 0.25) is 0 Å². The molecular weight excluding hydrogens is 220 g/mol. The Bertz CT molecular complexity index is 583. The van der Waals surface area contributed by atoms with E-state index in [-0.39, 0.29) is 18.1 Å². The lowest BCUT2D eigenvalue weighted by Gasteiger charge is -2.03. The van der Waals surface area contributed by atoms with Crippen LogP contribution in [0.5, 0.6) is 0 Å². The number of oxazole rings is 1. The summed E-state index contributed by atoms with van der Waals surface area (Å²) >= 11 is 0. The molecule has 1 aromatic carbocycles. The molecule has 0 radical (unpaired) electrons. The Kier molecular flexibility index (Phi) is 3.27. The third-order valence-corrected chi connectivity index (χ3v) is 2.45. The van der Waals surface area contributed by atoms with E-state index in [0.29, 0.717) is 18.7 Å². The zero-order valence-corrected chi connectivity index (χ0v) is 9.60. The second kappa shape index (κ2) is 4.86. The van der Waals surface area contributed by atoms with Crippen molar-refractivity contribution >= 4 is 17.1 Å². The van der Waals surface area contributed by atoms with Crippen LogP contribution in [0.15, 0.2) is 28.7 Å². The number of ether oxygens (including phenoxy) is 1. The predicted octanol–water partition coefficient (Wildman–Crippen LogP) is 1.67. The number of hydrogen-bond donors (Lipinski definition) is 1. The van der Waals surface area contributed by atoms with Crippen molar-refractivity contribution in [2.75, 3.05) is 6.61 Å². The zero-order chi connectivity index (χ0) is 12.3. The third-order valence-electron chi connectivity index (χ3n) is 2.45. The van der Waals surface area contributed by atoms with Crippen LogP contribution in [0.1, 0.15) is 13.3 Å².